The van der Waals surface area contributed by atoms with Crippen molar-refractivity contribution in [3.63, 3.8) is 0 Å². The monoisotopic (exact) mass is 319 g/mol. The maximum atomic E-state index is 12.2. The third-order valence-electron chi connectivity index (χ3n) is 3.79. The Morgan fingerprint density at radius 3 is 2.57 bits per heavy atom. The molecule has 0 radical (unpaired) electrons. The van der Waals surface area contributed by atoms with Crippen LogP contribution in [-0.2, 0) is 14.3 Å². The van der Waals surface area contributed by atoms with Crippen molar-refractivity contribution in [3.8, 4) is 0 Å². The summed E-state index contributed by atoms with van der Waals surface area (Å²) in [5.74, 6) is -0.0734. The number of rotatable bonds is 6. The number of anilines is 2. The Labute approximate surface area is 137 Å². The lowest BCUT2D eigenvalue weighted by Crippen LogP contribution is -2.43. The summed E-state index contributed by atoms with van der Waals surface area (Å²) >= 11 is 0. The van der Waals surface area contributed by atoms with Crippen molar-refractivity contribution in [3.05, 3.63) is 23.8 Å². The van der Waals surface area contributed by atoms with E-state index in [4.69, 9.17) is 4.74 Å². The minimum atomic E-state index is -0.0619. The van der Waals surface area contributed by atoms with E-state index in [2.05, 4.69) is 16.0 Å². The molecule has 1 aromatic rings. The number of ether oxygens (including phenoxy) is 1. The van der Waals surface area contributed by atoms with E-state index in [-0.39, 0.29) is 17.9 Å². The van der Waals surface area contributed by atoms with Crippen LogP contribution in [0.25, 0.3) is 0 Å². The summed E-state index contributed by atoms with van der Waals surface area (Å²) in [6.07, 6.45) is 1.66. The second kappa shape index (κ2) is 8.64. The van der Waals surface area contributed by atoms with Crippen LogP contribution in [0.4, 0.5) is 11.4 Å². The van der Waals surface area contributed by atoms with Gasteiger partial charge in [0.05, 0.1) is 13.2 Å². The number of amides is 2. The molecule has 23 heavy (non-hydrogen) atoms. The molecule has 6 heteroatoms. The molecule has 6 nitrogen and oxygen atoms in total. The molecule has 1 aromatic carbocycles. The van der Waals surface area contributed by atoms with Crippen LogP contribution in [0, 0.1) is 6.92 Å². The number of carbonyl (C=O) groups is 2. The fraction of sp³-hybridized carbons (Fsp3) is 0.529. The smallest absolute Gasteiger partial charge is 0.226 e. The Morgan fingerprint density at radius 2 is 1.96 bits per heavy atom. The van der Waals surface area contributed by atoms with Crippen molar-refractivity contribution in [1.29, 1.82) is 0 Å². The predicted octanol–water partition coefficient (Wildman–Crippen LogP) is 2.05. The van der Waals surface area contributed by atoms with E-state index in [0.29, 0.717) is 26.1 Å². The molecule has 3 N–H and O–H groups in total. The van der Waals surface area contributed by atoms with Gasteiger partial charge in [0.15, 0.2) is 0 Å². The molecular weight excluding hydrogens is 294 g/mol. The van der Waals surface area contributed by atoms with Gasteiger partial charge in [-0.1, -0.05) is 13.0 Å². The van der Waals surface area contributed by atoms with Crippen molar-refractivity contribution in [2.45, 2.75) is 39.2 Å². The Bertz CT molecular complexity index is 554. The van der Waals surface area contributed by atoms with Crippen LogP contribution in [-0.4, -0.2) is 37.6 Å². The van der Waals surface area contributed by atoms with E-state index in [0.717, 1.165) is 29.9 Å². The summed E-state index contributed by atoms with van der Waals surface area (Å²) in [6, 6.07) is 5.56. The zero-order chi connectivity index (χ0) is 16.7. The summed E-state index contributed by atoms with van der Waals surface area (Å²) in [5.41, 5.74) is 2.32. The summed E-state index contributed by atoms with van der Waals surface area (Å²) in [4.78, 5) is 23.9. The van der Waals surface area contributed by atoms with Gasteiger partial charge in [-0.3, -0.25) is 9.59 Å². The fourth-order valence-electron chi connectivity index (χ4n) is 2.52. The third-order valence-corrected chi connectivity index (χ3v) is 3.79. The van der Waals surface area contributed by atoms with E-state index in [1.54, 1.807) is 0 Å². The third kappa shape index (κ3) is 5.33. The first kappa shape index (κ1) is 17.4. The van der Waals surface area contributed by atoms with Gasteiger partial charge < -0.3 is 20.7 Å². The molecule has 1 atom stereocenters. The van der Waals surface area contributed by atoms with E-state index in [1.807, 2.05) is 32.0 Å². The molecule has 1 heterocycles. The molecule has 0 saturated carbocycles. The highest BCUT2D eigenvalue weighted by Crippen LogP contribution is 2.24. The maximum Gasteiger partial charge on any atom is 0.226 e. The van der Waals surface area contributed by atoms with E-state index >= 15 is 0 Å². The molecule has 0 bridgehead atoms. The average molecular weight is 319 g/mol. The summed E-state index contributed by atoms with van der Waals surface area (Å²) in [5, 5.41) is 9.06. The minimum absolute atomic E-state index is 0.0115. The van der Waals surface area contributed by atoms with Crippen LogP contribution in [0.15, 0.2) is 18.2 Å². The number of nitrogens with one attached hydrogen (secondary N) is 3. The first-order valence-electron chi connectivity index (χ1n) is 8.10. The van der Waals surface area contributed by atoms with Gasteiger partial charge in [0.1, 0.15) is 0 Å². The van der Waals surface area contributed by atoms with Crippen LogP contribution in [0.5, 0.6) is 0 Å². The van der Waals surface area contributed by atoms with E-state index < -0.39 is 0 Å². The second-order valence-corrected chi connectivity index (χ2v) is 5.75. The van der Waals surface area contributed by atoms with Crippen LogP contribution in [0.2, 0.25) is 0 Å². The molecule has 1 aliphatic rings. The lowest BCUT2D eigenvalue weighted by Gasteiger charge is -2.23. The molecule has 1 aliphatic heterocycles. The largest absolute Gasteiger partial charge is 0.378 e. The first-order valence-corrected chi connectivity index (χ1v) is 8.10. The van der Waals surface area contributed by atoms with Gasteiger partial charge in [-0.2, -0.15) is 0 Å². The topological polar surface area (TPSA) is 79.5 Å². The summed E-state index contributed by atoms with van der Waals surface area (Å²) < 4.78 is 5.35. The quantitative estimate of drug-likeness (QED) is 0.750. The normalized spacial score (nSPS) is 17.6. The SMILES string of the molecule is CCCC(=O)Nc1cccc(NC(=O)CC2COCCN2)c1C. The highest BCUT2D eigenvalue weighted by Gasteiger charge is 2.17. The summed E-state index contributed by atoms with van der Waals surface area (Å²) in [6.45, 7) is 5.87. The highest BCUT2D eigenvalue weighted by molar-refractivity contribution is 5.95. The fourth-order valence-corrected chi connectivity index (χ4v) is 2.52. The Morgan fingerprint density at radius 1 is 1.26 bits per heavy atom. The second-order valence-electron chi connectivity index (χ2n) is 5.75. The predicted molar refractivity (Wildman–Crippen MR) is 90.6 cm³/mol. The number of carbonyl (C=O) groups excluding carboxylic acids is 2. The Hall–Kier alpha value is -1.92. The standard InChI is InChI=1S/C17H25N3O3/c1-3-5-16(21)19-14-6-4-7-15(12(14)2)20-17(22)10-13-11-23-9-8-18-13/h4,6-7,13,18H,3,5,8-11H2,1-2H3,(H,19,21)(H,20,22). The van der Waals surface area contributed by atoms with Gasteiger partial charge in [0.2, 0.25) is 11.8 Å². The van der Waals surface area contributed by atoms with Crippen molar-refractivity contribution < 1.29 is 14.3 Å². The zero-order valence-corrected chi connectivity index (χ0v) is 13.8. The number of hydrogen-bond donors (Lipinski definition) is 3. The average Bonchev–Trinajstić information content (AvgIpc) is 2.52. The van der Waals surface area contributed by atoms with Crippen LogP contribution in [0.1, 0.15) is 31.7 Å². The molecule has 0 aliphatic carbocycles. The lowest BCUT2D eigenvalue weighted by atomic mass is 10.1. The lowest BCUT2D eigenvalue weighted by molar-refractivity contribution is -0.117. The van der Waals surface area contributed by atoms with Gasteiger partial charge in [-0.05, 0) is 31.0 Å². The van der Waals surface area contributed by atoms with Gasteiger partial charge in [-0.25, -0.2) is 0 Å². The van der Waals surface area contributed by atoms with Crippen molar-refractivity contribution >= 4 is 23.2 Å². The molecule has 1 unspecified atom stereocenters. The van der Waals surface area contributed by atoms with Crippen molar-refractivity contribution in [2.24, 2.45) is 0 Å². The molecule has 2 amide bonds. The number of morpholine rings is 1. The van der Waals surface area contributed by atoms with Crippen molar-refractivity contribution in [1.82, 2.24) is 5.32 Å². The maximum absolute atomic E-state index is 12.2. The minimum Gasteiger partial charge on any atom is -0.378 e. The van der Waals surface area contributed by atoms with E-state index in [9.17, 15) is 9.59 Å². The molecule has 1 fully saturated rings. The van der Waals surface area contributed by atoms with E-state index in [1.165, 1.54) is 0 Å². The van der Waals surface area contributed by atoms with Crippen LogP contribution < -0.4 is 16.0 Å². The van der Waals surface area contributed by atoms with Gasteiger partial charge in [0, 0.05) is 36.8 Å². The van der Waals surface area contributed by atoms with Gasteiger partial charge >= 0.3 is 0 Å². The van der Waals surface area contributed by atoms with Crippen molar-refractivity contribution in [2.75, 3.05) is 30.4 Å². The first-order chi connectivity index (χ1) is 11.1. The van der Waals surface area contributed by atoms with Crippen LogP contribution >= 0.6 is 0 Å². The number of benzene rings is 1. The molecule has 1 saturated heterocycles. The Kier molecular flexibility index (Phi) is 6.55. The number of hydrogen-bond acceptors (Lipinski definition) is 4. The van der Waals surface area contributed by atoms with Gasteiger partial charge in [0.25, 0.3) is 0 Å². The zero-order valence-electron chi connectivity index (χ0n) is 13.8. The summed E-state index contributed by atoms with van der Waals surface area (Å²) in [7, 11) is 0. The molecule has 0 aromatic heterocycles. The molecular formula is C17H25N3O3. The molecule has 0 spiro atoms. The molecule has 2 rings (SSSR count). The Balaban J connectivity index is 1.96. The van der Waals surface area contributed by atoms with Gasteiger partial charge in [-0.15, -0.1) is 0 Å². The molecule has 126 valence electrons. The highest BCUT2D eigenvalue weighted by atomic mass is 16.5. The van der Waals surface area contributed by atoms with Crippen LogP contribution in [0.3, 0.4) is 0 Å².